The van der Waals surface area contributed by atoms with Crippen LogP contribution >= 0.6 is 11.3 Å². The van der Waals surface area contributed by atoms with Gasteiger partial charge in [0.25, 0.3) is 0 Å². The van der Waals surface area contributed by atoms with Crippen LogP contribution in [0.3, 0.4) is 0 Å². The van der Waals surface area contributed by atoms with Crippen molar-refractivity contribution in [3.05, 3.63) is 16.1 Å². The van der Waals surface area contributed by atoms with Crippen molar-refractivity contribution in [2.75, 3.05) is 0 Å². The van der Waals surface area contributed by atoms with Crippen LogP contribution in [0.2, 0.25) is 0 Å². The first-order chi connectivity index (χ1) is 6.59. The normalized spacial score (nSPS) is 25.4. The van der Waals surface area contributed by atoms with E-state index >= 15 is 0 Å². The Morgan fingerprint density at radius 1 is 1.71 bits per heavy atom. The molecular weight excluding hydrogens is 198 g/mol. The second kappa shape index (κ2) is 3.35. The third-order valence-electron chi connectivity index (χ3n) is 2.51. The van der Waals surface area contributed by atoms with Crippen molar-refractivity contribution in [1.29, 1.82) is 0 Å². The molecule has 1 aromatic rings. The van der Waals surface area contributed by atoms with E-state index in [2.05, 4.69) is 18.8 Å². The Kier molecular flexibility index (Phi) is 2.31. The smallest absolute Gasteiger partial charge is 0.307 e. The lowest BCUT2D eigenvalue weighted by Gasteiger charge is -1.95. The molecule has 0 saturated heterocycles. The van der Waals surface area contributed by atoms with Crippen LogP contribution in [0.4, 0.5) is 0 Å². The van der Waals surface area contributed by atoms with E-state index < -0.39 is 5.97 Å². The van der Waals surface area contributed by atoms with Crippen LogP contribution in [0, 0.1) is 5.92 Å². The van der Waals surface area contributed by atoms with Crippen molar-refractivity contribution in [3.63, 3.8) is 0 Å². The average Bonchev–Trinajstić information content (AvgIpc) is 2.76. The van der Waals surface area contributed by atoms with Gasteiger partial charge < -0.3 is 5.11 Å². The summed E-state index contributed by atoms with van der Waals surface area (Å²) in [6.45, 7) is 4.20. The third kappa shape index (κ3) is 1.66. The van der Waals surface area contributed by atoms with Crippen molar-refractivity contribution < 1.29 is 9.90 Å². The number of hydrogen-bond acceptors (Lipinski definition) is 3. The molecule has 0 aromatic carbocycles. The molecule has 1 aromatic heterocycles. The van der Waals surface area contributed by atoms with Gasteiger partial charge in [0.1, 0.15) is 0 Å². The van der Waals surface area contributed by atoms with Gasteiger partial charge in [-0.05, 0) is 6.42 Å². The molecule has 0 radical (unpaired) electrons. The highest BCUT2D eigenvalue weighted by molar-refractivity contribution is 7.11. The zero-order valence-corrected chi connectivity index (χ0v) is 9.04. The lowest BCUT2D eigenvalue weighted by atomic mass is 10.2. The first-order valence-electron chi connectivity index (χ1n) is 4.78. The van der Waals surface area contributed by atoms with Gasteiger partial charge in [0.15, 0.2) is 0 Å². The molecule has 0 spiro atoms. The van der Waals surface area contributed by atoms with Crippen molar-refractivity contribution in [2.45, 2.75) is 32.1 Å². The van der Waals surface area contributed by atoms with Gasteiger partial charge in [-0.3, -0.25) is 4.79 Å². The van der Waals surface area contributed by atoms with Crippen LogP contribution in [0.15, 0.2) is 6.20 Å². The highest BCUT2D eigenvalue weighted by Crippen LogP contribution is 2.49. The van der Waals surface area contributed by atoms with Crippen LogP contribution in [0.25, 0.3) is 0 Å². The topological polar surface area (TPSA) is 50.2 Å². The predicted molar refractivity (Wildman–Crippen MR) is 54.7 cm³/mol. The molecule has 1 N–H and O–H groups in total. The minimum atomic E-state index is -0.672. The fourth-order valence-electron chi connectivity index (χ4n) is 1.52. The molecule has 0 aliphatic heterocycles. The van der Waals surface area contributed by atoms with E-state index in [-0.39, 0.29) is 11.8 Å². The highest BCUT2D eigenvalue weighted by atomic mass is 32.1. The van der Waals surface area contributed by atoms with Crippen LogP contribution < -0.4 is 0 Å². The summed E-state index contributed by atoms with van der Waals surface area (Å²) in [5.74, 6) is -0.154. The Morgan fingerprint density at radius 2 is 2.43 bits per heavy atom. The van der Waals surface area contributed by atoms with Crippen molar-refractivity contribution in [3.8, 4) is 0 Å². The molecule has 76 valence electrons. The molecule has 1 aliphatic carbocycles. The van der Waals surface area contributed by atoms with Crippen LogP contribution in [0.1, 0.15) is 42.0 Å². The third-order valence-corrected chi connectivity index (χ3v) is 3.94. The molecule has 0 unspecified atom stereocenters. The van der Waals surface area contributed by atoms with Crippen LogP contribution in [0.5, 0.6) is 0 Å². The molecule has 2 atom stereocenters. The van der Waals surface area contributed by atoms with Crippen molar-refractivity contribution in [1.82, 2.24) is 4.98 Å². The molecule has 1 aliphatic rings. The molecule has 3 nitrogen and oxygen atoms in total. The number of nitrogens with zero attached hydrogens (tertiary/aromatic N) is 1. The second-order valence-corrected chi connectivity index (χ2v) is 5.14. The van der Waals surface area contributed by atoms with E-state index in [9.17, 15) is 4.79 Å². The zero-order chi connectivity index (χ0) is 10.3. The molecule has 1 fully saturated rings. The SMILES string of the molecule is CC(C)c1ncc([C@@H]2C[C@H]2C(=O)O)s1. The first-order valence-corrected chi connectivity index (χ1v) is 5.59. The van der Waals surface area contributed by atoms with Gasteiger partial charge in [-0.15, -0.1) is 11.3 Å². The summed E-state index contributed by atoms with van der Waals surface area (Å²) in [4.78, 5) is 16.1. The van der Waals surface area contributed by atoms with E-state index in [0.29, 0.717) is 5.92 Å². The number of carboxylic acid groups (broad SMARTS) is 1. The van der Waals surface area contributed by atoms with Gasteiger partial charge >= 0.3 is 5.97 Å². The number of thiazole rings is 1. The molecule has 14 heavy (non-hydrogen) atoms. The summed E-state index contributed by atoms with van der Waals surface area (Å²) in [5, 5.41) is 9.89. The second-order valence-electron chi connectivity index (χ2n) is 4.04. The van der Waals surface area contributed by atoms with Crippen LogP contribution in [-0.4, -0.2) is 16.1 Å². The summed E-state index contributed by atoms with van der Waals surface area (Å²) in [6.07, 6.45) is 2.63. The number of rotatable bonds is 3. The lowest BCUT2D eigenvalue weighted by molar-refractivity contribution is -0.138. The van der Waals surface area contributed by atoms with E-state index in [1.807, 2.05) is 6.20 Å². The maximum atomic E-state index is 10.7. The van der Waals surface area contributed by atoms with Gasteiger partial charge in [0.05, 0.1) is 10.9 Å². The van der Waals surface area contributed by atoms with E-state index in [0.717, 1.165) is 16.3 Å². The van der Waals surface area contributed by atoms with Gasteiger partial charge in [0.2, 0.25) is 0 Å². The first kappa shape index (κ1) is 9.65. The van der Waals surface area contributed by atoms with Gasteiger partial charge in [-0.25, -0.2) is 4.98 Å². The Balaban J connectivity index is 2.09. The van der Waals surface area contributed by atoms with Crippen molar-refractivity contribution in [2.24, 2.45) is 5.92 Å². The molecule has 4 heteroatoms. The molecule has 1 saturated carbocycles. The van der Waals surface area contributed by atoms with Gasteiger partial charge in [-0.2, -0.15) is 0 Å². The number of aliphatic carboxylic acids is 1. The quantitative estimate of drug-likeness (QED) is 0.835. The Morgan fingerprint density at radius 3 is 2.86 bits per heavy atom. The summed E-state index contributed by atoms with van der Waals surface area (Å²) in [5.41, 5.74) is 0. The summed E-state index contributed by atoms with van der Waals surface area (Å²) in [6, 6.07) is 0. The lowest BCUT2D eigenvalue weighted by Crippen LogP contribution is -1.97. The average molecular weight is 211 g/mol. The summed E-state index contributed by atoms with van der Waals surface area (Å²) < 4.78 is 0. The van der Waals surface area contributed by atoms with E-state index in [4.69, 9.17) is 5.11 Å². The Hall–Kier alpha value is -0.900. The van der Waals surface area contributed by atoms with Gasteiger partial charge in [0, 0.05) is 22.9 Å². The predicted octanol–water partition coefficient (Wildman–Crippen LogP) is 2.45. The molecule has 1 heterocycles. The molecule has 0 amide bonds. The minimum absolute atomic E-state index is 0.157. The minimum Gasteiger partial charge on any atom is -0.481 e. The van der Waals surface area contributed by atoms with Gasteiger partial charge in [-0.1, -0.05) is 13.8 Å². The summed E-state index contributed by atoms with van der Waals surface area (Å²) in [7, 11) is 0. The fourth-order valence-corrected chi connectivity index (χ4v) is 2.62. The number of hydrogen-bond donors (Lipinski definition) is 1. The van der Waals surface area contributed by atoms with Crippen molar-refractivity contribution >= 4 is 17.3 Å². The fraction of sp³-hybridized carbons (Fsp3) is 0.600. The number of carbonyl (C=O) groups is 1. The standard InChI is InChI=1S/C10H13NO2S/c1-5(2)9-11-4-8(14-9)6-3-7(6)10(12)13/h4-7H,3H2,1-2H3,(H,12,13)/t6-,7-/m1/s1. The zero-order valence-electron chi connectivity index (χ0n) is 8.23. The Bertz CT molecular complexity index is 359. The van der Waals surface area contributed by atoms with E-state index in [1.165, 1.54) is 0 Å². The maximum Gasteiger partial charge on any atom is 0.307 e. The Labute approximate surface area is 86.8 Å². The highest BCUT2D eigenvalue weighted by Gasteiger charge is 2.45. The monoisotopic (exact) mass is 211 g/mol. The van der Waals surface area contributed by atoms with E-state index in [1.54, 1.807) is 11.3 Å². The molecule has 0 bridgehead atoms. The number of aromatic nitrogens is 1. The molecule has 2 rings (SSSR count). The maximum absolute atomic E-state index is 10.7. The summed E-state index contributed by atoms with van der Waals surface area (Å²) >= 11 is 1.66. The largest absolute Gasteiger partial charge is 0.481 e. The van der Waals surface area contributed by atoms with Crippen LogP contribution in [-0.2, 0) is 4.79 Å². The molecular formula is C10H13NO2S. The number of carboxylic acids is 1.